The second kappa shape index (κ2) is 9.01. The molecule has 3 rings (SSSR count). The fraction of sp³-hybridized carbons (Fsp3) is 0.286. The molecule has 0 bridgehead atoms. The molecule has 0 aromatic heterocycles. The van der Waals surface area contributed by atoms with E-state index in [-0.39, 0.29) is 11.7 Å². The molecule has 2 aromatic carbocycles. The highest BCUT2D eigenvalue weighted by Gasteiger charge is 2.30. The molecule has 1 saturated carbocycles. The van der Waals surface area contributed by atoms with Gasteiger partial charge in [-0.05, 0) is 42.7 Å². The van der Waals surface area contributed by atoms with E-state index in [1.54, 1.807) is 17.8 Å². The van der Waals surface area contributed by atoms with E-state index in [1.165, 1.54) is 12.1 Å². The molecule has 0 radical (unpaired) electrons. The van der Waals surface area contributed by atoms with Crippen LogP contribution in [0.2, 0.25) is 0 Å². The van der Waals surface area contributed by atoms with Gasteiger partial charge in [-0.25, -0.2) is 4.39 Å². The van der Waals surface area contributed by atoms with Crippen LogP contribution in [0, 0.1) is 5.82 Å². The third-order valence-electron chi connectivity index (χ3n) is 4.20. The minimum Gasteiger partial charge on any atom is -0.324 e. The Bertz CT molecular complexity index is 776. The van der Waals surface area contributed by atoms with E-state index in [0.29, 0.717) is 19.1 Å². The highest BCUT2D eigenvalue weighted by Crippen LogP contribution is 2.29. The Morgan fingerprint density at radius 3 is 2.81 bits per heavy atom. The summed E-state index contributed by atoms with van der Waals surface area (Å²) in [5, 5.41) is 3.02. The first kappa shape index (κ1) is 18.7. The maximum atomic E-state index is 13.4. The summed E-state index contributed by atoms with van der Waals surface area (Å²) in [6, 6.07) is 14.8. The maximum Gasteiger partial charge on any atom is 0.238 e. The molecule has 0 spiro atoms. The highest BCUT2D eigenvalue weighted by atomic mass is 32.2. The maximum absolute atomic E-state index is 13.4. The van der Waals surface area contributed by atoms with Crippen LogP contribution in [0.25, 0.3) is 0 Å². The lowest BCUT2D eigenvalue weighted by Crippen LogP contribution is -2.34. The molecule has 1 fully saturated rings. The lowest BCUT2D eigenvalue weighted by molar-refractivity contribution is -0.117. The number of hydrogen-bond donors (Lipinski definition) is 1. The van der Waals surface area contributed by atoms with Crippen molar-refractivity contribution in [1.29, 1.82) is 0 Å². The Kier molecular flexibility index (Phi) is 6.47. The molecule has 0 aliphatic heterocycles. The van der Waals surface area contributed by atoms with Crippen molar-refractivity contribution in [3.63, 3.8) is 0 Å². The van der Waals surface area contributed by atoms with E-state index >= 15 is 0 Å². The number of amides is 1. The molecule has 3 nitrogen and oxygen atoms in total. The smallest absolute Gasteiger partial charge is 0.238 e. The van der Waals surface area contributed by atoms with Crippen LogP contribution in [0.5, 0.6) is 0 Å². The zero-order valence-electron chi connectivity index (χ0n) is 14.7. The number of anilines is 1. The van der Waals surface area contributed by atoms with Crippen LogP contribution in [0.3, 0.4) is 0 Å². The Balaban J connectivity index is 1.63. The van der Waals surface area contributed by atoms with Gasteiger partial charge in [-0.2, -0.15) is 0 Å². The molecule has 0 saturated heterocycles. The fourth-order valence-electron chi connectivity index (χ4n) is 2.84. The number of halogens is 1. The monoisotopic (exact) mass is 370 g/mol. The molecular weight excluding hydrogens is 347 g/mol. The normalized spacial score (nSPS) is 13.6. The van der Waals surface area contributed by atoms with Crippen LogP contribution in [-0.4, -0.2) is 29.1 Å². The summed E-state index contributed by atoms with van der Waals surface area (Å²) >= 11 is 1.64. The van der Waals surface area contributed by atoms with E-state index in [4.69, 9.17) is 0 Å². The summed E-state index contributed by atoms with van der Waals surface area (Å²) in [6.45, 7) is 4.63. The predicted octanol–water partition coefficient (Wildman–Crippen LogP) is 4.71. The number of carbonyl (C=O) groups is 1. The van der Waals surface area contributed by atoms with Crippen molar-refractivity contribution in [1.82, 2.24) is 4.90 Å². The highest BCUT2D eigenvalue weighted by molar-refractivity contribution is 7.99. The minimum atomic E-state index is -0.240. The molecule has 136 valence electrons. The van der Waals surface area contributed by atoms with Gasteiger partial charge < -0.3 is 5.32 Å². The Labute approximate surface area is 158 Å². The second-order valence-electron chi connectivity index (χ2n) is 6.41. The van der Waals surface area contributed by atoms with Crippen LogP contribution in [0.1, 0.15) is 18.4 Å². The average molecular weight is 370 g/mol. The van der Waals surface area contributed by atoms with Gasteiger partial charge in [0.1, 0.15) is 5.82 Å². The Morgan fingerprint density at radius 1 is 1.27 bits per heavy atom. The largest absolute Gasteiger partial charge is 0.324 e. The van der Waals surface area contributed by atoms with Gasteiger partial charge in [-0.3, -0.25) is 9.69 Å². The third-order valence-corrected chi connectivity index (χ3v) is 5.27. The third kappa shape index (κ3) is 5.44. The summed E-state index contributed by atoms with van der Waals surface area (Å²) in [5.41, 5.74) is 1.72. The number of nitrogens with zero attached hydrogens (tertiary/aromatic N) is 1. The number of thioether (sulfide) groups is 1. The molecule has 0 unspecified atom stereocenters. The summed E-state index contributed by atoms with van der Waals surface area (Å²) in [7, 11) is 0. The van der Waals surface area contributed by atoms with E-state index in [1.807, 2.05) is 36.4 Å². The average Bonchev–Trinajstić information content (AvgIpc) is 3.45. The van der Waals surface area contributed by atoms with Crippen LogP contribution in [-0.2, 0) is 11.3 Å². The van der Waals surface area contributed by atoms with Crippen molar-refractivity contribution in [2.45, 2.75) is 30.3 Å². The molecule has 5 heteroatoms. The van der Waals surface area contributed by atoms with Crippen molar-refractivity contribution in [2.75, 3.05) is 17.6 Å². The van der Waals surface area contributed by atoms with Crippen molar-refractivity contribution in [3.05, 3.63) is 72.6 Å². The molecular formula is C21H23FN2OS. The molecule has 1 aliphatic rings. The number of nitrogens with one attached hydrogen (secondary N) is 1. The summed E-state index contributed by atoms with van der Waals surface area (Å²) < 4.78 is 13.4. The first-order valence-electron chi connectivity index (χ1n) is 8.77. The molecule has 0 heterocycles. The van der Waals surface area contributed by atoms with E-state index in [0.717, 1.165) is 34.7 Å². The fourth-order valence-corrected chi connectivity index (χ4v) is 3.59. The number of rotatable bonds is 9. The summed E-state index contributed by atoms with van der Waals surface area (Å²) in [4.78, 5) is 15.7. The molecule has 1 amide bonds. The topological polar surface area (TPSA) is 32.3 Å². The second-order valence-corrected chi connectivity index (χ2v) is 7.47. The van der Waals surface area contributed by atoms with Crippen molar-refractivity contribution in [3.8, 4) is 0 Å². The van der Waals surface area contributed by atoms with Crippen LogP contribution in [0.15, 0.2) is 66.1 Å². The number of hydrogen-bond acceptors (Lipinski definition) is 3. The van der Waals surface area contributed by atoms with Crippen molar-refractivity contribution >= 4 is 23.4 Å². The number of para-hydroxylation sites is 1. The Morgan fingerprint density at radius 2 is 2.08 bits per heavy atom. The molecule has 1 aliphatic carbocycles. The van der Waals surface area contributed by atoms with Gasteiger partial charge in [-0.15, -0.1) is 18.3 Å². The molecule has 2 aromatic rings. The molecule has 26 heavy (non-hydrogen) atoms. The van der Waals surface area contributed by atoms with Gasteiger partial charge >= 0.3 is 0 Å². The van der Waals surface area contributed by atoms with Gasteiger partial charge in [0.2, 0.25) is 5.91 Å². The van der Waals surface area contributed by atoms with Crippen LogP contribution >= 0.6 is 11.8 Å². The zero-order chi connectivity index (χ0) is 18.4. The van der Waals surface area contributed by atoms with Crippen molar-refractivity contribution in [2.24, 2.45) is 0 Å². The molecule has 1 N–H and O–H groups in total. The predicted molar refractivity (Wildman–Crippen MR) is 106 cm³/mol. The quantitative estimate of drug-likeness (QED) is 0.513. The standard InChI is InChI=1S/C21H23FN2OS/c1-2-12-26-20-9-4-3-8-19(20)23-21(25)15-24(18-10-11-18)14-16-6-5-7-17(22)13-16/h2-9,13,18H,1,10-12,14-15H2,(H,23,25). The van der Waals surface area contributed by atoms with Gasteiger partial charge in [0.15, 0.2) is 0 Å². The number of benzene rings is 2. The summed E-state index contributed by atoms with van der Waals surface area (Å²) in [6.07, 6.45) is 4.03. The Hall–Kier alpha value is -2.11. The first-order chi connectivity index (χ1) is 12.7. The van der Waals surface area contributed by atoms with Gasteiger partial charge in [0.05, 0.1) is 12.2 Å². The lowest BCUT2D eigenvalue weighted by Gasteiger charge is -2.22. The zero-order valence-corrected chi connectivity index (χ0v) is 15.5. The molecule has 0 atom stereocenters. The van der Waals surface area contributed by atoms with Crippen molar-refractivity contribution < 1.29 is 9.18 Å². The SMILES string of the molecule is C=CCSc1ccccc1NC(=O)CN(Cc1cccc(F)c1)C1CC1. The van der Waals surface area contributed by atoms with Gasteiger partial charge in [0.25, 0.3) is 0 Å². The van der Waals surface area contributed by atoms with E-state index < -0.39 is 0 Å². The van der Waals surface area contributed by atoms with Crippen LogP contribution < -0.4 is 5.32 Å². The van der Waals surface area contributed by atoms with E-state index in [2.05, 4.69) is 16.8 Å². The van der Waals surface area contributed by atoms with Gasteiger partial charge in [0, 0.05) is 23.2 Å². The van der Waals surface area contributed by atoms with Gasteiger partial charge in [-0.1, -0.05) is 30.3 Å². The summed E-state index contributed by atoms with van der Waals surface area (Å²) in [5.74, 6) is 0.511. The number of carbonyl (C=O) groups excluding carboxylic acids is 1. The lowest BCUT2D eigenvalue weighted by atomic mass is 10.2. The first-order valence-corrected chi connectivity index (χ1v) is 9.75. The van der Waals surface area contributed by atoms with E-state index in [9.17, 15) is 9.18 Å². The van der Waals surface area contributed by atoms with Crippen LogP contribution in [0.4, 0.5) is 10.1 Å². The minimum absolute atomic E-state index is 0.0417.